The van der Waals surface area contributed by atoms with E-state index >= 15 is 0 Å². The van der Waals surface area contributed by atoms with Crippen molar-refractivity contribution < 1.29 is 9.66 Å². The Morgan fingerprint density at radius 3 is 2.93 bits per heavy atom. The molecule has 0 aliphatic heterocycles. The number of hydrogen-bond acceptors (Lipinski definition) is 5. The molecule has 15 heavy (non-hydrogen) atoms. The predicted octanol–water partition coefficient (Wildman–Crippen LogP) is 1.40. The van der Waals surface area contributed by atoms with Crippen LogP contribution >= 0.6 is 0 Å². The summed E-state index contributed by atoms with van der Waals surface area (Å²) in [4.78, 5) is 13.6. The summed E-state index contributed by atoms with van der Waals surface area (Å²) < 4.78 is 5.34. The van der Waals surface area contributed by atoms with Gasteiger partial charge in [0.15, 0.2) is 0 Å². The fraction of sp³-hybridized carbons (Fsp3) is 0.333. The van der Waals surface area contributed by atoms with Crippen molar-refractivity contribution in [3.8, 4) is 11.8 Å². The quantitative estimate of drug-likeness (QED) is 0.549. The zero-order chi connectivity index (χ0) is 10.8. The van der Waals surface area contributed by atoms with Gasteiger partial charge in [-0.1, -0.05) is 0 Å². The first-order valence-corrected chi connectivity index (χ1v) is 4.42. The topological polar surface area (TPSA) is 89.0 Å². The highest BCUT2D eigenvalue weighted by Crippen LogP contribution is 2.29. The Bertz CT molecular complexity index is 448. The molecule has 0 spiro atoms. The second-order valence-corrected chi connectivity index (χ2v) is 3.22. The third kappa shape index (κ3) is 2.02. The number of hydrogen-bond donors (Lipinski definition) is 0. The van der Waals surface area contributed by atoms with E-state index in [0.29, 0.717) is 5.75 Å². The van der Waals surface area contributed by atoms with Crippen molar-refractivity contribution in [1.29, 1.82) is 5.26 Å². The minimum absolute atomic E-state index is 0.152. The third-order valence-electron chi connectivity index (χ3n) is 1.97. The van der Waals surface area contributed by atoms with Gasteiger partial charge in [0.25, 0.3) is 0 Å². The van der Waals surface area contributed by atoms with Crippen LogP contribution in [0.15, 0.2) is 12.3 Å². The van der Waals surface area contributed by atoms with E-state index in [-0.39, 0.29) is 17.5 Å². The van der Waals surface area contributed by atoms with E-state index in [1.807, 2.05) is 0 Å². The molecule has 1 aromatic rings. The van der Waals surface area contributed by atoms with Crippen molar-refractivity contribution in [2.75, 3.05) is 0 Å². The van der Waals surface area contributed by atoms with Crippen molar-refractivity contribution in [2.24, 2.45) is 0 Å². The van der Waals surface area contributed by atoms with Crippen molar-refractivity contribution in [3.05, 3.63) is 28.1 Å². The summed E-state index contributed by atoms with van der Waals surface area (Å²) in [6.07, 6.45) is 3.42. The van der Waals surface area contributed by atoms with Crippen LogP contribution in [0, 0.1) is 21.4 Å². The van der Waals surface area contributed by atoms with E-state index in [1.165, 1.54) is 12.3 Å². The highest BCUT2D eigenvalue weighted by molar-refractivity contribution is 5.47. The maximum Gasteiger partial charge on any atom is 0.309 e. The standard InChI is InChI=1S/C9H7N3O3/c10-4-8-9(12(13)14)3-7(5-11-8)15-6-1-2-6/h3,5-6H,1-2H2. The van der Waals surface area contributed by atoms with Crippen molar-refractivity contribution in [2.45, 2.75) is 18.9 Å². The molecule has 2 rings (SSSR count). The summed E-state index contributed by atoms with van der Waals surface area (Å²) in [7, 11) is 0. The van der Waals surface area contributed by atoms with Crippen LogP contribution in [0.25, 0.3) is 0 Å². The molecule has 0 amide bonds. The first-order valence-electron chi connectivity index (χ1n) is 4.42. The Balaban J connectivity index is 2.31. The minimum Gasteiger partial charge on any atom is -0.489 e. The molecule has 0 radical (unpaired) electrons. The van der Waals surface area contributed by atoms with Crippen LogP contribution in [0.1, 0.15) is 18.5 Å². The van der Waals surface area contributed by atoms with Gasteiger partial charge in [-0.25, -0.2) is 4.98 Å². The molecule has 0 atom stereocenters. The fourth-order valence-electron chi connectivity index (χ4n) is 1.10. The smallest absolute Gasteiger partial charge is 0.309 e. The fourth-order valence-corrected chi connectivity index (χ4v) is 1.10. The monoisotopic (exact) mass is 205 g/mol. The summed E-state index contributed by atoms with van der Waals surface area (Å²) >= 11 is 0. The lowest BCUT2D eigenvalue weighted by molar-refractivity contribution is -0.385. The number of nitriles is 1. The van der Waals surface area contributed by atoms with Crippen LogP contribution in [-0.2, 0) is 0 Å². The third-order valence-corrected chi connectivity index (χ3v) is 1.97. The molecule has 1 aliphatic rings. The van der Waals surface area contributed by atoms with Crippen LogP contribution in [0.3, 0.4) is 0 Å². The molecule has 6 heteroatoms. The van der Waals surface area contributed by atoms with E-state index in [0.717, 1.165) is 12.8 Å². The van der Waals surface area contributed by atoms with Gasteiger partial charge in [-0.15, -0.1) is 0 Å². The molecule has 1 heterocycles. The van der Waals surface area contributed by atoms with Gasteiger partial charge in [0.2, 0.25) is 5.69 Å². The molecule has 0 N–H and O–H groups in total. The zero-order valence-electron chi connectivity index (χ0n) is 7.71. The Morgan fingerprint density at radius 2 is 2.40 bits per heavy atom. The van der Waals surface area contributed by atoms with E-state index < -0.39 is 4.92 Å². The van der Waals surface area contributed by atoms with Crippen LogP contribution in [0.5, 0.6) is 5.75 Å². The molecular weight excluding hydrogens is 198 g/mol. The maximum absolute atomic E-state index is 10.6. The largest absolute Gasteiger partial charge is 0.489 e. The van der Waals surface area contributed by atoms with Crippen LogP contribution < -0.4 is 4.74 Å². The molecule has 0 bridgehead atoms. The minimum atomic E-state index is -0.634. The average Bonchev–Trinajstić information content (AvgIpc) is 3.01. The van der Waals surface area contributed by atoms with Gasteiger partial charge in [-0.05, 0) is 12.8 Å². The van der Waals surface area contributed by atoms with Crippen molar-refractivity contribution in [3.63, 3.8) is 0 Å². The highest BCUT2D eigenvalue weighted by Gasteiger charge is 2.25. The van der Waals surface area contributed by atoms with Gasteiger partial charge < -0.3 is 4.74 Å². The lowest BCUT2D eigenvalue weighted by Gasteiger charge is -2.02. The van der Waals surface area contributed by atoms with Crippen molar-refractivity contribution in [1.82, 2.24) is 4.98 Å². The van der Waals surface area contributed by atoms with E-state index in [1.54, 1.807) is 6.07 Å². The number of aromatic nitrogens is 1. The Hall–Kier alpha value is -2.16. The molecular formula is C9H7N3O3. The van der Waals surface area contributed by atoms with Crippen molar-refractivity contribution >= 4 is 5.69 Å². The summed E-state index contributed by atoms with van der Waals surface area (Å²) in [6.45, 7) is 0. The SMILES string of the molecule is N#Cc1ncc(OC2CC2)cc1[N+](=O)[O-]. The van der Waals surface area contributed by atoms with Gasteiger partial charge in [-0.2, -0.15) is 5.26 Å². The maximum atomic E-state index is 10.6. The number of pyridine rings is 1. The molecule has 0 saturated heterocycles. The zero-order valence-corrected chi connectivity index (χ0v) is 7.71. The first kappa shape index (κ1) is 9.40. The summed E-state index contributed by atoms with van der Waals surface area (Å²) in [5.74, 6) is 0.350. The predicted molar refractivity (Wildman–Crippen MR) is 49.3 cm³/mol. The summed E-state index contributed by atoms with van der Waals surface area (Å²) in [5, 5.41) is 19.2. The van der Waals surface area contributed by atoms with Gasteiger partial charge in [0, 0.05) is 0 Å². The van der Waals surface area contributed by atoms with E-state index in [4.69, 9.17) is 10.00 Å². The Morgan fingerprint density at radius 1 is 1.67 bits per heavy atom. The Kier molecular flexibility index (Phi) is 2.21. The molecule has 76 valence electrons. The number of nitrogens with zero attached hydrogens (tertiary/aromatic N) is 3. The number of ether oxygens (including phenoxy) is 1. The normalized spacial score (nSPS) is 14.3. The van der Waals surface area contributed by atoms with Gasteiger partial charge in [-0.3, -0.25) is 10.1 Å². The van der Waals surface area contributed by atoms with Gasteiger partial charge >= 0.3 is 5.69 Å². The van der Waals surface area contributed by atoms with E-state index in [9.17, 15) is 10.1 Å². The van der Waals surface area contributed by atoms with Crippen LogP contribution in [0.4, 0.5) is 5.69 Å². The molecule has 1 aromatic heterocycles. The van der Waals surface area contributed by atoms with Crippen LogP contribution in [0.2, 0.25) is 0 Å². The second kappa shape index (κ2) is 3.53. The lowest BCUT2D eigenvalue weighted by Crippen LogP contribution is -2.00. The highest BCUT2D eigenvalue weighted by atomic mass is 16.6. The molecule has 6 nitrogen and oxygen atoms in total. The summed E-state index contributed by atoms with van der Waals surface area (Å²) in [6, 6.07) is 2.90. The average molecular weight is 205 g/mol. The first-order chi connectivity index (χ1) is 7.20. The van der Waals surface area contributed by atoms with E-state index in [2.05, 4.69) is 4.98 Å². The second-order valence-electron chi connectivity index (χ2n) is 3.22. The molecule has 0 unspecified atom stereocenters. The Labute approximate surface area is 85.3 Å². The molecule has 1 fully saturated rings. The summed E-state index contributed by atoms with van der Waals surface area (Å²) in [5.41, 5.74) is -0.501. The lowest BCUT2D eigenvalue weighted by atomic mass is 10.3. The number of rotatable bonds is 3. The molecule has 1 aliphatic carbocycles. The molecule has 1 saturated carbocycles. The van der Waals surface area contributed by atoms with Gasteiger partial charge in [0.05, 0.1) is 23.3 Å². The van der Waals surface area contributed by atoms with Crippen LogP contribution in [-0.4, -0.2) is 16.0 Å². The van der Waals surface area contributed by atoms with Gasteiger partial charge in [0.1, 0.15) is 11.8 Å². The number of nitro groups is 1. The molecule has 0 aromatic carbocycles.